The number of nitrogens with two attached hydrogens (primary N) is 1. The molecular formula is C22H30Cl2N4O. The molecular weight excluding hydrogens is 407 g/mol. The van der Waals surface area contributed by atoms with Crippen molar-refractivity contribution in [3.05, 3.63) is 65.4 Å². The second-order valence-electron chi connectivity index (χ2n) is 7.27. The fourth-order valence-electron chi connectivity index (χ4n) is 3.11. The van der Waals surface area contributed by atoms with Gasteiger partial charge in [0.25, 0.3) is 0 Å². The first-order valence-electron chi connectivity index (χ1n) is 9.36. The van der Waals surface area contributed by atoms with E-state index in [0.717, 1.165) is 36.2 Å². The van der Waals surface area contributed by atoms with Crippen molar-refractivity contribution in [2.24, 2.45) is 0 Å². The van der Waals surface area contributed by atoms with E-state index in [9.17, 15) is 4.79 Å². The van der Waals surface area contributed by atoms with Crippen molar-refractivity contribution >= 4 is 47.3 Å². The number of nitrogens with one attached hydrogen (secondary N) is 2. The third kappa shape index (κ3) is 7.28. The lowest BCUT2D eigenvalue weighted by Gasteiger charge is -2.09. The van der Waals surface area contributed by atoms with Crippen LogP contribution in [0.5, 0.6) is 0 Å². The van der Waals surface area contributed by atoms with Crippen LogP contribution in [0.25, 0.3) is 10.9 Å². The Bertz CT molecular complexity index is 907. The molecule has 0 fully saturated rings. The van der Waals surface area contributed by atoms with Crippen LogP contribution < -0.4 is 11.1 Å². The van der Waals surface area contributed by atoms with Crippen molar-refractivity contribution in [1.29, 1.82) is 0 Å². The minimum atomic E-state index is 0. The summed E-state index contributed by atoms with van der Waals surface area (Å²) in [4.78, 5) is 17.7. The number of carbonyl (C=O) groups excluding carboxylic acids is 1. The van der Waals surface area contributed by atoms with Gasteiger partial charge in [0.2, 0.25) is 5.91 Å². The number of anilines is 1. The van der Waals surface area contributed by atoms with Crippen molar-refractivity contribution in [1.82, 2.24) is 15.2 Å². The molecule has 0 bridgehead atoms. The van der Waals surface area contributed by atoms with Crippen LogP contribution in [-0.2, 0) is 24.2 Å². The largest absolute Gasteiger partial charge is 0.399 e. The highest BCUT2D eigenvalue weighted by atomic mass is 35.5. The third-order valence-corrected chi connectivity index (χ3v) is 4.77. The molecule has 0 spiro atoms. The van der Waals surface area contributed by atoms with Crippen LogP contribution in [0.15, 0.2) is 48.7 Å². The van der Waals surface area contributed by atoms with E-state index >= 15 is 0 Å². The van der Waals surface area contributed by atoms with Gasteiger partial charge in [0.15, 0.2) is 0 Å². The summed E-state index contributed by atoms with van der Waals surface area (Å²) in [6.07, 6.45) is 4.33. The number of aryl methyl sites for hydroxylation is 1. The van der Waals surface area contributed by atoms with Crippen molar-refractivity contribution in [2.75, 3.05) is 26.4 Å². The Kier molecular flexibility index (Phi) is 10.0. The van der Waals surface area contributed by atoms with E-state index in [0.29, 0.717) is 13.0 Å². The van der Waals surface area contributed by atoms with E-state index in [4.69, 9.17) is 5.73 Å². The van der Waals surface area contributed by atoms with Gasteiger partial charge in [-0.25, -0.2) is 0 Å². The van der Waals surface area contributed by atoms with Gasteiger partial charge in [-0.2, -0.15) is 0 Å². The molecule has 0 saturated heterocycles. The molecule has 0 radical (unpaired) electrons. The summed E-state index contributed by atoms with van der Waals surface area (Å²) < 4.78 is 0. The van der Waals surface area contributed by atoms with Gasteiger partial charge in [0.1, 0.15) is 0 Å². The number of nitrogen functional groups attached to an aromatic ring is 1. The normalized spacial score (nSPS) is 10.4. The summed E-state index contributed by atoms with van der Waals surface area (Å²) in [5, 5.41) is 4.23. The number of aromatic amines is 1. The Balaban J connectivity index is 0.00000210. The molecule has 0 aliphatic heterocycles. The number of hydrogen-bond acceptors (Lipinski definition) is 3. The molecule has 158 valence electrons. The molecule has 1 amide bonds. The van der Waals surface area contributed by atoms with E-state index in [1.54, 1.807) is 0 Å². The number of carbonyl (C=O) groups is 1. The van der Waals surface area contributed by atoms with Gasteiger partial charge in [0, 0.05) is 42.3 Å². The lowest BCUT2D eigenvalue weighted by Crippen LogP contribution is -2.22. The minimum absolute atomic E-state index is 0. The lowest BCUT2D eigenvalue weighted by molar-refractivity contribution is -0.121. The zero-order valence-electron chi connectivity index (χ0n) is 16.9. The summed E-state index contributed by atoms with van der Waals surface area (Å²) in [5.41, 5.74) is 11.1. The molecule has 3 rings (SSSR count). The minimum Gasteiger partial charge on any atom is -0.399 e. The van der Waals surface area contributed by atoms with E-state index in [1.807, 2.05) is 24.3 Å². The fourth-order valence-corrected chi connectivity index (χ4v) is 3.11. The molecule has 0 aliphatic carbocycles. The number of amides is 1. The van der Waals surface area contributed by atoms with Gasteiger partial charge in [-0.05, 0) is 67.9 Å². The van der Waals surface area contributed by atoms with E-state index in [-0.39, 0.29) is 30.7 Å². The van der Waals surface area contributed by atoms with Gasteiger partial charge in [-0.1, -0.05) is 18.2 Å². The molecule has 5 nitrogen and oxygen atoms in total. The van der Waals surface area contributed by atoms with Gasteiger partial charge in [-0.3, -0.25) is 4.79 Å². The number of fused-ring (bicyclic) bond motifs is 1. The molecule has 2 aromatic carbocycles. The molecule has 7 heteroatoms. The quantitative estimate of drug-likeness (QED) is 0.468. The van der Waals surface area contributed by atoms with Crippen LogP contribution >= 0.6 is 24.8 Å². The molecule has 1 aromatic heterocycles. The van der Waals surface area contributed by atoms with Gasteiger partial charge in [-0.15, -0.1) is 24.8 Å². The summed E-state index contributed by atoms with van der Waals surface area (Å²) in [6, 6.07) is 14.0. The van der Waals surface area contributed by atoms with Crippen LogP contribution in [0.1, 0.15) is 23.1 Å². The molecule has 3 aromatic rings. The van der Waals surface area contributed by atoms with Crippen LogP contribution in [0.4, 0.5) is 5.69 Å². The van der Waals surface area contributed by atoms with Crippen LogP contribution in [0.3, 0.4) is 0 Å². The predicted octanol–water partition coefficient (Wildman–Crippen LogP) is 3.95. The summed E-state index contributed by atoms with van der Waals surface area (Å²) in [5.74, 6) is 0.0637. The molecule has 4 N–H and O–H groups in total. The highest BCUT2D eigenvalue weighted by molar-refractivity contribution is 5.86. The zero-order chi connectivity index (χ0) is 19.2. The number of halogens is 2. The van der Waals surface area contributed by atoms with E-state index < -0.39 is 0 Å². The first-order chi connectivity index (χ1) is 13.0. The maximum absolute atomic E-state index is 12.2. The third-order valence-electron chi connectivity index (χ3n) is 4.77. The number of nitrogens with zero attached hydrogens (tertiary/aromatic N) is 1. The molecule has 0 aliphatic rings. The monoisotopic (exact) mass is 436 g/mol. The number of aromatic nitrogens is 1. The van der Waals surface area contributed by atoms with Gasteiger partial charge in [0.05, 0.1) is 0 Å². The zero-order valence-corrected chi connectivity index (χ0v) is 18.5. The Morgan fingerprint density at radius 1 is 1.03 bits per heavy atom. The highest BCUT2D eigenvalue weighted by Crippen LogP contribution is 2.21. The van der Waals surface area contributed by atoms with E-state index in [2.05, 4.69) is 53.7 Å². The first-order valence-corrected chi connectivity index (χ1v) is 9.36. The smallest absolute Gasteiger partial charge is 0.220 e. The van der Waals surface area contributed by atoms with Crippen LogP contribution in [0, 0.1) is 0 Å². The van der Waals surface area contributed by atoms with E-state index in [1.165, 1.54) is 16.5 Å². The second kappa shape index (κ2) is 11.7. The summed E-state index contributed by atoms with van der Waals surface area (Å²) >= 11 is 0. The average molecular weight is 437 g/mol. The predicted molar refractivity (Wildman–Crippen MR) is 126 cm³/mol. The molecule has 29 heavy (non-hydrogen) atoms. The molecule has 0 atom stereocenters. The highest BCUT2D eigenvalue weighted by Gasteiger charge is 2.07. The summed E-state index contributed by atoms with van der Waals surface area (Å²) in [6.45, 7) is 1.55. The Labute approximate surface area is 184 Å². The Hall–Kier alpha value is -2.21. The van der Waals surface area contributed by atoms with Crippen molar-refractivity contribution in [3.63, 3.8) is 0 Å². The van der Waals surface area contributed by atoms with Gasteiger partial charge >= 0.3 is 0 Å². The number of likely N-dealkylation sites (N-methyl/N-ethyl adjacent to an activating group) is 1. The van der Waals surface area contributed by atoms with Gasteiger partial charge < -0.3 is 20.9 Å². The van der Waals surface area contributed by atoms with Crippen LogP contribution in [0.2, 0.25) is 0 Å². The average Bonchev–Trinajstić information content (AvgIpc) is 3.06. The fraction of sp³-hybridized carbons (Fsp3) is 0.318. The number of H-pyrrole nitrogens is 1. The topological polar surface area (TPSA) is 74.2 Å². The maximum Gasteiger partial charge on any atom is 0.220 e. The van der Waals surface area contributed by atoms with Crippen molar-refractivity contribution in [3.8, 4) is 0 Å². The molecule has 1 heterocycles. The second-order valence-corrected chi connectivity index (χ2v) is 7.27. The maximum atomic E-state index is 12.2. The number of hydrogen-bond donors (Lipinski definition) is 3. The van der Waals surface area contributed by atoms with Crippen molar-refractivity contribution in [2.45, 2.75) is 25.8 Å². The number of rotatable bonds is 8. The Morgan fingerprint density at radius 2 is 1.72 bits per heavy atom. The summed E-state index contributed by atoms with van der Waals surface area (Å²) in [7, 11) is 4.17. The van der Waals surface area contributed by atoms with Crippen molar-refractivity contribution < 1.29 is 4.79 Å². The SMILES string of the molecule is CN(C)CCc1c[nH]c2ccc(CCC(=O)NCc3ccc(N)cc3)cc12.Cl.Cl. The Morgan fingerprint density at radius 3 is 2.41 bits per heavy atom. The first kappa shape index (κ1) is 24.8. The molecule has 0 saturated carbocycles. The number of benzene rings is 2. The van der Waals surface area contributed by atoms with Crippen LogP contribution in [-0.4, -0.2) is 36.4 Å². The lowest BCUT2D eigenvalue weighted by atomic mass is 10.0. The standard InChI is InChI=1S/C22H28N4O.2ClH/c1-26(2)12-11-18-15-24-21-9-5-16(13-20(18)21)6-10-22(27)25-14-17-3-7-19(23)8-4-17;;/h3-5,7-9,13,15,24H,6,10-12,14,23H2,1-2H3,(H,25,27);2*1H. The molecule has 0 unspecified atom stereocenters.